The molecule has 0 saturated carbocycles. The van der Waals surface area contributed by atoms with Crippen molar-refractivity contribution < 1.29 is 4.92 Å². The lowest BCUT2D eigenvalue weighted by atomic mass is 9.85. The summed E-state index contributed by atoms with van der Waals surface area (Å²) in [7, 11) is 0. The van der Waals surface area contributed by atoms with Gasteiger partial charge in [-0.2, -0.15) is 0 Å². The number of nitrogens with one attached hydrogen (secondary N) is 1. The Balaban J connectivity index is 2.75. The summed E-state index contributed by atoms with van der Waals surface area (Å²) in [5.41, 5.74) is 0.841. The van der Waals surface area contributed by atoms with Crippen LogP contribution in [0, 0.1) is 34.8 Å². The highest BCUT2D eigenvalue weighted by Gasteiger charge is 2.18. The molecule has 1 heterocycles. The fraction of sp³-hybridized carbons (Fsp3) is 0.643. The van der Waals surface area contributed by atoms with Crippen LogP contribution in [0.5, 0.6) is 0 Å². The minimum Gasteiger partial charge on any atom is -0.370 e. The van der Waals surface area contributed by atoms with Crippen LogP contribution in [-0.2, 0) is 0 Å². The Morgan fingerprint density at radius 1 is 1.32 bits per heavy atom. The molecule has 0 fully saturated rings. The highest BCUT2D eigenvalue weighted by atomic mass is 16.6. The predicted octanol–water partition coefficient (Wildman–Crippen LogP) is 3.64. The van der Waals surface area contributed by atoms with E-state index in [2.05, 4.69) is 38.0 Å². The third-order valence-corrected chi connectivity index (χ3v) is 3.49. The molecular formula is C14H23N3O2. The van der Waals surface area contributed by atoms with Gasteiger partial charge in [0.25, 0.3) is 5.69 Å². The second kappa shape index (κ2) is 6.50. The molecule has 0 aromatic carbocycles. The standard InChI is InChI=1S/C14H23N3O2/c1-9(2)13(10(3)4)8-16-14-11(5)6-12(7-15-14)17(18)19/h6-7,9-10,13H,8H2,1-5H3,(H,15,16). The van der Waals surface area contributed by atoms with Gasteiger partial charge in [0.05, 0.1) is 4.92 Å². The number of nitrogens with zero attached hydrogens (tertiary/aromatic N) is 2. The Hall–Kier alpha value is -1.65. The summed E-state index contributed by atoms with van der Waals surface area (Å²) >= 11 is 0. The molecule has 0 atom stereocenters. The van der Waals surface area contributed by atoms with Gasteiger partial charge in [-0.1, -0.05) is 27.7 Å². The van der Waals surface area contributed by atoms with Gasteiger partial charge in [-0.15, -0.1) is 0 Å². The average molecular weight is 265 g/mol. The first kappa shape index (κ1) is 15.4. The van der Waals surface area contributed by atoms with Crippen LogP contribution in [0.15, 0.2) is 12.3 Å². The maximum absolute atomic E-state index is 10.7. The minimum absolute atomic E-state index is 0.0346. The van der Waals surface area contributed by atoms with E-state index in [-0.39, 0.29) is 5.69 Å². The van der Waals surface area contributed by atoms with Gasteiger partial charge in [0, 0.05) is 12.6 Å². The molecule has 19 heavy (non-hydrogen) atoms. The van der Waals surface area contributed by atoms with Crippen molar-refractivity contribution in [3.63, 3.8) is 0 Å². The van der Waals surface area contributed by atoms with Crippen LogP contribution in [-0.4, -0.2) is 16.5 Å². The van der Waals surface area contributed by atoms with E-state index in [0.29, 0.717) is 17.8 Å². The van der Waals surface area contributed by atoms with Gasteiger partial charge in [-0.3, -0.25) is 10.1 Å². The molecule has 5 nitrogen and oxygen atoms in total. The SMILES string of the molecule is Cc1cc([N+](=O)[O-])cnc1NCC(C(C)C)C(C)C. The second-order valence-corrected chi connectivity index (χ2v) is 5.65. The second-order valence-electron chi connectivity index (χ2n) is 5.65. The zero-order valence-corrected chi connectivity index (χ0v) is 12.3. The van der Waals surface area contributed by atoms with Crippen LogP contribution >= 0.6 is 0 Å². The zero-order valence-electron chi connectivity index (χ0n) is 12.3. The van der Waals surface area contributed by atoms with Gasteiger partial charge in [0.15, 0.2) is 0 Å². The summed E-state index contributed by atoms with van der Waals surface area (Å²) < 4.78 is 0. The summed E-state index contributed by atoms with van der Waals surface area (Å²) in [6.45, 7) is 11.5. The predicted molar refractivity (Wildman–Crippen MR) is 77.3 cm³/mol. The van der Waals surface area contributed by atoms with Gasteiger partial charge < -0.3 is 5.32 Å². The molecule has 1 aromatic heterocycles. The van der Waals surface area contributed by atoms with Crippen molar-refractivity contribution in [3.8, 4) is 0 Å². The monoisotopic (exact) mass is 265 g/mol. The van der Waals surface area contributed by atoms with Crippen LogP contribution in [0.25, 0.3) is 0 Å². The van der Waals surface area contributed by atoms with Gasteiger partial charge in [-0.05, 0) is 30.2 Å². The summed E-state index contributed by atoms with van der Waals surface area (Å²) in [5, 5.41) is 14.0. The molecule has 0 aliphatic carbocycles. The number of rotatable bonds is 6. The normalized spacial score (nSPS) is 11.4. The molecule has 0 unspecified atom stereocenters. The van der Waals surface area contributed by atoms with Gasteiger partial charge in [0.1, 0.15) is 12.0 Å². The first-order chi connectivity index (χ1) is 8.82. The topological polar surface area (TPSA) is 68.1 Å². The highest BCUT2D eigenvalue weighted by molar-refractivity contribution is 5.48. The molecule has 1 N–H and O–H groups in total. The third-order valence-electron chi connectivity index (χ3n) is 3.49. The fourth-order valence-corrected chi connectivity index (χ4v) is 2.30. The lowest BCUT2D eigenvalue weighted by Gasteiger charge is -2.25. The number of anilines is 1. The largest absolute Gasteiger partial charge is 0.370 e. The van der Waals surface area contributed by atoms with E-state index in [1.54, 1.807) is 6.07 Å². The van der Waals surface area contributed by atoms with E-state index in [9.17, 15) is 10.1 Å². The van der Waals surface area contributed by atoms with E-state index in [1.165, 1.54) is 6.20 Å². The molecule has 1 aromatic rings. The van der Waals surface area contributed by atoms with Crippen LogP contribution < -0.4 is 5.32 Å². The molecule has 1 rings (SSSR count). The van der Waals surface area contributed by atoms with E-state index in [0.717, 1.165) is 17.9 Å². The highest BCUT2D eigenvalue weighted by Crippen LogP contribution is 2.23. The zero-order chi connectivity index (χ0) is 14.6. The van der Waals surface area contributed by atoms with Crippen LogP contribution in [0.1, 0.15) is 33.3 Å². The van der Waals surface area contributed by atoms with Crippen molar-refractivity contribution in [1.82, 2.24) is 4.98 Å². The van der Waals surface area contributed by atoms with Crippen molar-refractivity contribution in [2.75, 3.05) is 11.9 Å². The summed E-state index contributed by atoms with van der Waals surface area (Å²) in [5.74, 6) is 2.46. The number of hydrogen-bond donors (Lipinski definition) is 1. The number of aryl methyl sites for hydroxylation is 1. The Morgan fingerprint density at radius 2 is 1.89 bits per heavy atom. The van der Waals surface area contributed by atoms with E-state index in [4.69, 9.17) is 0 Å². The Kier molecular flexibility index (Phi) is 5.27. The molecular weight excluding hydrogens is 242 g/mol. The molecule has 0 aliphatic rings. The summed E-state index contributed by atoms with van der Waals surface area (Å²) in [6.07, 6.45) is 1.30. The molecule has 0 bridgehead atoms. The van der Waals surface area contributed by atoms with Crippen molar-refractivity contribution in [3.05, 3.63) is 27.9 Å². The molecule has 106 valence electrons. The van der Waals surface area contributed by atoms with E-state index >= 15 is 0 Å². The maximum atomic E-state index is 10.7. The Bertz CT molecular complexity index is 436. The fourth-order valence-electron chi connectivity index (χ4n) is 2.30. The number of hydrogen-bond acceptors (Lipinski definition) is 4. The molecule has 0 aliphatic heterocycles. The number of aromatic nitrogens is 1. The summed E-state index contributed by atoms with van der Waals surface area (Å²) in [6, 6.07) is 1.55. The van der Waals surface area contributed by atoms with E-state index in [1.807, 2.05) is 6.92 Å². The molecule has 5 heteroatoms. The van der Waals surface area contributed by atoms with Crippen LogP contribution in [0.3, 0.4) is 0 Å². The Morgan fingerprint density at radius 3 is 2.32 bits per heavy atom. The van der Waals surface area contributed by atoms with E-state index < -0.39 is 4.92 Å². The molecule has 0 spiro atoms. The smallest absolute Gasteiger partial charge is 0.287 e. The number of pyridine rings is 1. The van der Waals surface area contributed by atoms with Crippen molar-refractivity contribution in [2.24, 2.45) is 17.8 Å². The van der Waals surface area contributed by atoms with Crippen molar-refractivity contribution in [2.45, 2.75) is 34.6 Å². The van der Waals surface area contributed by atoms with Crippen molar-refractivity contribution in [1.29, 1.82) is 0 Å². The number of nitro groups is 1. The van der Waals surface area contributed by atoms with Gasteiger partial charge in [-0.25, -0.2) is 4.98 Å². The maximum Gasteiger partial charge on any atom is 0.287 e. The first-order valence-electron chi connectivity index (χ1n) is 6.67. The van der Waals surface area contributed by atoms with Crippen LogP contribution in [0.2, 0.25) is 0 Å². The van der Waals surface area contributed by atoms with Crippen molar-refractivity contribution >= 4 is 11.5 Å². The van der Waals surface area contributed by atoms with Crippen LogP contribution in [0.4, 0.5) is 11.5 Å². The minimum atomic E-state index is -0.422. The van der Waals surface area contributed by atoms with Gasteiger partial charge in [0.2, 0.25) is 0 Å². The average Bonchev–Trinajstić information content (AvgIpc) is 2.29. The lowest BCUT2D eigenvalue weighted by molar-refractivity contribution is -0.385. The first-order valence-corrected chi connectivity index (χ1v) is 6.67. The third kappa shape index (κ3) is 4.19. The van der Waals surface area contributed by atoms with Gasteiger partial charge >= 0.3 is 0 Å². The quantitative estimate of drug-likeness (QED) is 0.630. The summed E-state index contributed by atoms with van der Waals surface area (Å²) in [4.78, 5) is 14.4. The lowest BCUT2D eigenvalue weighted by Crippen LogP contribution is -2.25. The Labute approximate surface area is 114 Å². The molecule has 0 radical (unpaired) electrons. The molecule has 0 amide bonds. The molecule has 0 saturated heterocycles.